The largest absolute Gasteiger partial charge is 0.454 e. The van der Waals surface area contributed by atoms with E-state index in [1.54, 1.807) is 24.6 Å². The Balaban J connectivity index is 1.79. The fourth-order valence-corrected chi connectivity index (χ4v) is 2.86. The molecule has 0 saturated heterocycles. The highest BCUT2D eigenvalue weighted by Crippen LogP contribution is 2.35. The van der Waals surface area contributed by atoms with Crippen LogP contribution in [0.5, 0.6) is 11.5 Å². The van der Waals surface area contributed by atoms with Crippen molar-refractivity contribution in [1.82, 2.24) is 19.7 Å². The van der Waals surface area contributed by atoms with Crippen molar-refractivity contribution in [2.45, 2.75) is 26.3 Å². The van der Waals surface area contributed by atoms with Crippen molar-refractivity contribution < 1.29 is 14.3 Å². The third kappa shape index (κ3) is 2.95. The average Bonchev–Trinajstić information content (AvgIpc) is 3.27. The van der Waals surface area contributed by atoms with Gasteiger partial charge in [0.2, 0.25) is 6.79 Å². The van der Waals surface area contributed by atoms with Crippen LogP contribution in [0, 0.1) is 19.3 Å². The van der Waals surface area contributed by atoms with Crippen molar-refractivity contribution in [1.29, 1.82) is 0 Å². The number of terminal acetylenes is 1. The van der Waals surface area contributed by atoms with Gasteiger partial charge in [0.1, 0.15) is 6.33 Å². The van der Waals surface area contributed by atoms with Crippen LogP contribution in [0.25, 0.3) is 16.9 Å². The van der Waals surface area contributed by atoms with Gasteiger partial charge < -0.3 is 14.8 Å². The Kier molecular flexibility index (Phi) is 3.77. The van der Waals surface area contributed by atoms with Crippen LogP contribution in [0.1, 0.15) is 30.0 Å². The third-order valence-electron chi connectivity index (χ3n) is 4.36. The van der Waals surface area contributed by atoms with Crippen molar-refractivity contribution in [3.05, 3.63) is 42.0 Å². The van der Waals surface area contributed by atoms with Gasteiger partial charge in [-0.2, -0.15) is 0 Å². The molecule has 1 aliphatic heterocycles. The zero-order valence-electron chi connectivity index (χ0n) is 15.2. The number of rotatable bonds is 3. The fraction of sp³-hybridized carbons (Fsp3) is 0.250. The first-order chi connectivity index (χ1) is 12.9. The number of aromatic nitrogens is 3. The summed E-state index contributed by atoms with van der Waals surface area (Å²) in [5.74, 6) is 3.56. The number of aryl methyl sites for hydroxylation is 1. The van der Waals surface area contributed by atoms with Gasteiger partial charge in [0.05, 0.1) is 11.2 Å². The predicted molar refractivity (Wildman–Crippen MR) is 99.7 cm³/mol. The molecular formula is C20H18N4O3. The Labute approximate surface area is 156 Å². The number of imidazole rings is 1. The molecule has 27 heavy (non-hydrogen) atoms. The van der Waals surface area contributed by atoms with E-state index < -0.39 is 5.54 Å². The lowest BCUT2D eigenvalue weighted by Crippen LogP contribution is -2.42. The predicted octanol–water partition coefficient (Wildman–Crippen LogP) is 2.58. The molecule has 0 aliphatic carbocycles. The van der Waals surface area contributed by atoms with Gasteiger partial charge in [-0.1, -0.05) is 5.92 Å². The SMILES string of the molecule is C#CC(C)(C)NC(=O)c1ncn2c(C)cc(-c3ccc4c(c3)OCO4)nc12. The number of carbonyl (C=O) groups excluding carboxylic acids is 1. The van der Waals surface area contributed by atoms with Gasteiger partial charge in [-0.05, 0) is 45.0 Å². The lowest BCUT2D eigenvalue weighted by Gasteiger charge is -2.18. The summed E-state index contributed by atoms with van der Waals surface area (Å²) in [5, 5.41) is 2.79. The molecule has 0 atom stereocenters. The standard InChI is InChI=1S/C20H18N4O3/c1-5-20(3,4)23-19(25)17-18-22-14(8-12(2)24(18)10-21-17)13-6-7-15-16(9-13)27-11-26-15/h1,6-10H,11H2,2-4H3,(H,23,25). The van der Waals surface area contributed by atoms with Gasteiger partial charge in [0, 0.05) is 11.3 Å². The summed E-state index contributed by atoms with van der Waals surface area (Å²) in [7, 11) is 0. The van der Waals surface area contributed by atoms with Crippen LogP contribution in [0.2, 0.25) is 0 Å². The highest BCUT2D eigenvalue weighted by Gasteiger charge is 2.23. The summed E-state index contributed by atoms with van der Waals surface area (Å²) in [6, 6.07) is 7.55. The van der Waals surface area contributed by atoms with E-state index in [0.29, 0.717) is 22.8 Å². The number of amides is 1. The molecule has 136 valence electrons. The van der Waals surface area contributed by atoms with Crippen LogP contribution in [-0.4, -0.2) is 32.6 Å². The minimum atomic E-state index is -0.781. The summed E-state index contributed by atoms with van der Waals surface area (Å²) >= 11 is 0. The molecule has 3 heterocycles. The second-order valence-electron chi connectivity index (χ2n) is 6.86. The molecule has 0 saturated carbocycles. The van der Waals surface area contributed by atoms with Crippen LogP contribution in [0.4, 0.5) is 0 Å². The molecule has 0 bridgehead atoms. The Bertz CT molecular complexity index is 1110. The number of benzene rings is 1. The number of nitrogens with one attached hydrogen (secondary N) is 1. The van der Waals surface area contributed by atoms with E-state index in [1.165, 1.54) is 0 Å². The van der Waals surface area contributed by atoms with Gasteiger partial charge >= 0.3 is 0 Å². The summed E-state index contributed by atoms with van der Waals surface area (Å²) < 4.78 is 12.6. The Morgan fingerprint density at radius 2 is 2.07 bits per heavy atom. The van der Waals surface area contributed by atoms with Crippen molar-refractivity contribution >= 4 is 11.6 Å². The molecule has 1 N–H and O–H groups in total. The number of nitrogens with zero attached hydrogens (tertiary/aromatic N) is 3. The Morgan fingerprint density at radius 3 is 2.85 bits per heavy atom. The highest BCUT2D eigenvalue weighted by molar-refractivity contribution is 5.98. The van der Waals surface area contributed by atoms with Gasteiger partial charge in [-0.25, -0.2) is 9.97 Å². The molecule has 7 nitrogen and oxygen atoms in total. The first-order valence-corrected chi connectivity index (χ1v) is 8.43. The number of hydrogen-bond acceptors (Lipinski definition) is 5. The summed E-state index contributed by atoms with van der Waals surface area (Å²) in [6.45, 7) is 5.64. The van der Waals surface area contributed by atoms with Crippen LogP contribution >= 0.6 is 0 Å². The van der Waals surface area contributed by atoms with E-state index in [0.717, 1.165) is 11.3 Å². The molecular weight excluding hydrogens is 344 g/mol. The average molecular weight is 362 g/mol. The van der Waals surface area contributed by atoms with Crippen LogP contribution < -0.4 is 14.8 Å². The van der Waals surface area contributed by atoms with Crippen LogP contribution in [0.15, 0.2) is 30.6 Å². The van der Waals surface area contributed by atoms with Crippen LogP contribution in [0.3, 0.4) is 0 Å². The molecule has 7 heteroatoms. The van der Waals surface area contributed by atoms with E-state index in [1.807, 2.05) is 31.2 Å². The van der Waals surface area contributed by atoms with Gasteiger partial charge in [-0.3, -0.25) is 9.20 Å². The molecule has 0 spiro atoms. The van der Waals surface area contributed by atoms with Crippen molar-refractivity contribution in [3.63, 3.8) is 0 Å². The van der Waals surface area contributed by atoms with Crippen molar-refractivity contribution in [3.8, 4) is 35.1 Å². The minimum absolute atomic E-state index is 0.210. The van der Waals surface area contributed by atoms with Crippen molar-refractivity contribution in [2.24, 2.45) is 0 Å². The zero-order valence-corrected chi connectivity index (χ0v) is 15.2. The fourth-order valence-electron chi connectivity index (χ4n) is 2.86. The maximum atomic E-state index is 12.6. The molecule has 0 unspecified atom stereocenters. The van der Waals surface area contributed by atoms with E-state index in [9.17, 15) is 4.79 Å². The molecule has 0 fully saturated rings. The lowest BCUT2D eigenvalue weighted by atomic mass is 10.1. The van der Waals surface area contributed by atoms with Crippen molar-refractivity contribution in [2.75, 3.05) is 6.79 Å². The first-order valence-electron chi connectivity index (χ1n) is 8.43. The topological polar surface area (TPSA) is 77.8 Å². The van der Waals surface area contributed by atoms with Gasteiger partial charge in [-0.15, -0.1) is 6.42 Å². The molecule has 1 amide bonds. The van der Waals surface area contributed by atoms with E-state index in [4.69, 9.17) is 15.9 Å². The second-order valence-corrected chi connectivity index (χ2v) is 6.86. The Hall–Kier alpha value is -3.53. The number of carbonyl (C=O) groups is 1. The summed E-state index contributed by atoms with van der Waals surface area (Å²) in [4.78, 5) is 21.6. The molecule has 1 aromatic carbocycles. The van der Waals surface area contributed by atoms with E-state index >= 15 is 0 Å². The zero-order chi connectivity index (χ0) is 19.2. The van der Waals surface area contributed by atoms with Gasteiger partial charge in [0.25, 0.3) is 5.91 Å². The smallest absolute Gasteiger partial charge is 0.274 e. The second kappa shape index (κ2) is 6.02. The van der Waals surface area contributed by atoms with Gasteiger partial charge in [0.15, 0.2) is 22.8 Å². The molecule has 3 aromatic rings. The summed E-state index contributed by atoms with van der Waals surface area (Å²) in [6.07, 6.45) is 7.04. The minimum Gasteiger partial charge on any atom is -0.454 e. The third-order valence-corrected chi connectivity index (χ3v) is 4.36. The normalized spacial score (nSPS) is 12.8. The maximum absolute atomic E-state index is 12.6. The van der Waals surface area contributed by atoms with E-state index in [2.05, 4.69) is 21.2 Å². The monoisotopic (exact) mass is 362 g/mol. The quantitative estimate of drug-likeness (QED) is 0.725. The summed E-state index contributed by atoms with van der Waals surface area (Å²) in [5.41, 5.74) is 2.38. The number of hydrogen-bond donors (Lipinski definition) is 1. The highest BCUT2D eigenvalue weighted by atomic mass is 16.7. The number of fused-ring (bicyclic) bond motifs is 2. The molecule has 2 aromatic heterocycles. The first kappa shape index (κ1) is 16.9. The molecule has 1 aliphatic rings. The molecule has 0 radical (unpaired) electrons. The molecule has 4 rings (SSSR count). The Morgan fingerprint density at radius 1 is 1.30 bits per heavy atom. The van der Waals surface area contributed by atoms with Crippen LogP contribution in [-0.2, 0) is 0 Å². The maximum Gasteiger partial charge on any atom is 0.274 e. The lowest BCUT2D eigenvalue weighted by molar-refractivity contribution is 0.0927. The van der Waals surface area contributed by atoms with E-state index in [-0.39, 0.29) is 18.4 Å². The number of ether oxygens (including phenoxy) is 2.